The summed E-state index contributed by atoms with van der Waals surface area (Å²) in [6.07, 6.45) is 5.15. The van der Waals surface area contributed by atoms with Gasteiger partial charge in [-0.2, -0.15) is 4.68 Å². The van der Waals surface area contributed by atoms with E-state index in [-0.39, 0.29) is 0 Å². The van der Waals surface area contributed by atoms with Crippen molar-refractivity contribution in [3.8, 4) is 18.0 Å². The zero-order chi connectivity index (χ0) is 11.2. The molecule has 5 heteroatoms. The fraction of sp³-hybridized carbons (Fsp3) is 0.182. The van der Waals surface area contributed by atoms with Crippen molar-refractivity contribution >= 4 is 0 Å². The van der Waals surface area contributed by atoms with Crippen molar-refractivity contribution in [2.24, 2.45) is 0 Å². The predicted molar refractivity (Wildman–Crippen MR) is 59.7 cm³/mol. The molecular weight excluding hydrogens is 202 g/mol. The quantitative estimate of drug-likeness (QED) is 0.589. The number of rotatable bonds is 4. The van der Waals surface area contributed by atoms with Crippen molar-refractivity contribution in [3.63, 3.8) is 0 Å². The highest BCUT2D eigenvalue weighted by molar-refractivity contribution is 5.30. The normalized spacial score (nSPS) is 9.94. The Morgan fingerprint density at radius 3 is 2.88 bits per heavy atom. The summed E-state index contributed by atoms with van der Waals surface area (Å²) in [6.45, 7) is 1.05. The Balaban J connectivity index is 2.17. The van der Waals surface area contributed by atoms with Gasteiger partial charge in [-0.15, -0.1) is 11.5 Å². The molecule has 0 aliphatic heterocycles. The van der Waals surface area contributed by atoms with Gasteiger partial charge in [0.25, 0.3) is 0 Å². The molecule has 1 aromatic heterocycles. The van der Waals surface area contributed by atoms with Gasteiger partial charge in [-0.05, 0) is 22.6 Å². The Labute approximate surface area is 93.5 Å². The van der Waals surface area contributed by atoms with Gasteiger partial charge in [0.2, 0.25) is 0 Å². The lowest BCUT2D eigenvalue weighted by molar-refractivity contribution is 0.687. The number of hydrogen-bond donors (Lipinski definition) is 1. The van der Waals surface area contributed by atoms with E-state index in [0.29, 0.717) is 13.1 Å². The van der Waals surface area contributed by atoms with Crippen molar-refractivity contribution in [1.29, 1.82) is 0 Å². The van der Waals surface area contributed by atoms with Crippen LogP contribution in [0.5, 0.6) is 0 Å². The molecule has 0 saturated carbocycles. The molecular formula is C11H11N5. The van der Waals surface area contributed by atoms with E-state index in [1.807, 2.05) is 30.3 Å². The standard InChI is InChI=1S/C11H11N5/c1-2-8-12-9-11-13-14-15-16(11)10-6-4-3-5-7-10/h1,3-7,12H,8-9H2. The second kappa shape index (κ2) is 5.05. The number of hydrogen-bond acceptors (Lipinski definition) is 4. The molecule has 2 aromatic rings. The minimum absolute atomic E-state index is 0.502. The highest BCUT2D eigenvalue weighted by atomic mass is 15.5. The second-order valence-electron chi connectivity index (χ2n) is 3.15. The molecule has 1 aromatic carbocycles. The van der Waals surface area contributed by atoms with Crippen LogP contribution in [0.25, 0.3) is 5.69 Å². The van der Waals surface area contributed by atoms with Gasteiger partial charge in [0, 0.05) is 0 Å². The van der Waals surface area contributed by atoms with Crippen LogP contribution in [0.2, 0.25) is 0 Å². The van der Waals surface area contributed by atoms with Crippen LogP contribution in [-0.2, 0) is 6.54 Å². The van der Waals surface area contributed by atoms with E-state index < -0.39 is 0 Å². The Morgan fingerprint density at radius 1 is 1.31 bits per heavy atom. The topological polar surface area (TPSA) is 55.6 Å². The first-order chi connectivity index (χ1) is 7.92. The summed E-state index contributed by atoms with van der Waals surface area (Å²) in [5.74, 6) is 3.24. The monoisotopic (exact) mass is 213 g/mol. The average molecular weight is 213 g/mol. The number of terminal acetylenes is 1. The van der Waals surface area contributed by atoms with Crippen molar-refractivity contribution in [2.75, 3.05) is 6.54 Å². The van der Waals surface area contributed by atoms with E-state index in [4.69, 9.17) is 6.42 Å². The maximum atomic E-state index is 5.15. The van der Waals surface area contributed by atoms with Crippen LogP contribution >= 0.6 is 0 Å². The van der Waals surface area contributed by atoms with Gasteiger partial charge in [-0.3, -0.25) is 5.32 Å². The maximum Gasteiger partial charge on any atom is 0.170 e. The Bertz CT molecular complexity index is 483. The molecule has 0 saturated heterocycles. The van der Waals surface area contributed by atoms with Gasteiger partial charge < -0.3 is 0 Å². The number of aromatic nitrogens is 4. The summed E-state index contributed by atoms with van der Waals surface area (Å²) in [4.78, 5) is 0. The smallest absolute Gasteiger partial charge is 0.170 e. The van der Waals surface area contributed by atoms with Crippen LogP contribution in [0.1, 0.15) is 5.82 Å². The third kappa shape index (κ3) is 2.24. The molecule has 1 N–H and O–H groups in total. The van der Waals surface area contributed by atoms with Crippen LogP contribution in [0, 0.1) is 12.3 Å². The summed E-state index contributed by atoms with van der Waals surface area (Å²) in [6, 6.07) is 9.72. The summed E-state index contributed by atoms with van der Waals surface area (Å²) < 4.78 is 1.68. The van der Waals surface area contributed by atoms with Gasteiger partial charge in [0.15, 0.2) is 5.82 Å². The molecule has 0 radical (unpaired) electrons. The molecule has 0 fully saturated rings. The van der Waals surface area contributed by atoms with Crippen molar-refractivity contribution in [3.05, 3.63) is 36.2 Å². The average Bonchev–Trinajstić information content (AvgIpc) is 2.79. The molecule has 5 nitrogen and oxygen atoms in total. The van der Waals surface area contributed by atoms with E-state index in [0.717, 1.165) is 11.5 Å². The fourth-order valence-corrected chi connectivity index (χ4v) is 1.33. The molecule has 0 aliphatic rings. The minimum Gasteiger partial charge on any atom is -0.299 e. The summed E-state index contributed by atoms with van der Waals surface area (Å²) in [7, 11) is 0. The van der Waals surface area contributed by atoms with E-state index >= 15 is 0 Å². The number of nitrogens with zero attached hydrogens (tertiary/aromatic N) is 4. The van der Waals surface area contributed by atoms with Gasteiger partial charge in [0.1, 0.15) is 0 Å². The first kappa shape index (κ1) is 10.3. The summed E-state index contributed by atoms with van der Waals surface area (Å²) >= 11 is 0. The third-order valence-electron chi connectivity index (χ3n) is 2.05. The molecule has 0 atom stereocenters. The van der Waals surface area contributed by atoms with E-state index in [1.54, 1.807) is 4.68 Å². The predicted octanol–water partition coefficient (Wildman–Crippen LogP) is 0.385. The molecule has 0 spiro atoms. The SMILES string of the molecule is C#CCNCc1nnnn1-c1ccccc1. The van der Waals surface area contributed by atoms with Crippen LogP contribution in [0.4, 0.5) is 0 Å². The van der Waals surface area contributed by atoms with Crippen molar-refractivity contribution < 1.29 is 0 Å². The van der Waals surface area contributed by atoms with Crippen molar-refractivity contribution in [2.45, 2.75) is 6.54 Å². The molecule has 16 heavy (non-hydrogen) atoms. The molecule has 80 valence electrons. The molecule has 1 heterocycles. The summed E-state index contributed by atoms with van der Waals surface area (Å²) in [5.41, 5.74) is 0.935. The fourth-order valence-electron chi connectivity index (χ4n) is 1.33. The van der Waals surface area contributed by atoms with E-state index in [9.17, 15) is 0 Å². The number of nitrogens with one attached hydrogen (secondary N) is 1. The van der Waals surface area contributed by atoms with Gasteiger partial charge in [-0.1, -0.05) is 24.1 Å². The Kier molecular flexibility index (Phi) is 3.26. The maximum absolute atomic E-state index is 5.15. The molecule has 0 unspecified atom stereocenters. The first-order valence-corrected chi connectivity index (χ1v) is 4.88. The second-order valence-corrected chi connectivity index (χ2v) is 3.15. The zero-order valence-electron chi connectivity index (χ0n) is 8.67. The van der Waals surface area contributed by atoms with E-state index in [1.165, 1.54) is 0 Å². The third-order valence-corrected chi connectivity index (χ3v) is 2.05. The van der Waals surface area contributed by atoms with Crippen LogP contribution < -0.4 is 5.32 Å². The Morgan fingerprint density at radius 2 is 2.12 bits per heavy atom. The largest absolute Gasteiger partial charge is 0.299 e. The van der Waals surface area contributed by atoms with Crippen molar-refractivity contribution in [1.82, 2.24) is 25.5 Å². The molecule has 2 rings (SSSR count). The van der Waals surface area contributed by atoms with Gasteiger partial charge in [-0.25, -0.2) is 0 Å². The molecule has 0 bridgehead atoms. The summed E-state index contributed by atoms with van der Waals surface area (Å²) in [5, 5.41) is 14.6. The molecule has 0 aliphatic carbocycles. The van der Waals surface area contributed by atoms with Crippen LogP contribution in [0.3, 0.4) is 0 Å². The van der Waals surface area contributed by atoms with E-state index in [2.05, 4.69) is 26.8 Å². The lowest BCUT2D eigenvalue weighted by Gasteiger charge is -2.03. The first-order valence-electron chi connectivity index (χ1n) is 4.88. The number of para-hydroxylation sites is 1. The van der Waals surface area contributed by atoms with Crippen LogP contribution in [0.15, 0.2) is 30.3 Å². The number of benzene rings is 1. The Hall–Kier alpha value is -2.19. The number of tetrazole rings is 1. The highest BCUT2D eigenvalue weighted by Gasteiger charge is 2.06. The van der Waals surface area contributed by atoms with Gasteiger partial charge >= 0.3 is 0 Å². The molecule has 0 amide bonds. The highest BCUT2D eigenvalue weighted by Crippen LogP contribution is 2.06. The van der Waals surface area contributed by atoms with Gasteiger partial charge in [0.05, 0.1) is 18.8 Å². The minimum atomic E-state index is 0.502. The lowest BCUT2D eigenvalue weighted by atomic mass is 10.3. The van der Waals surface area contributed by atoms with Crippen LogP contribution in [-0.4, -0.2) is 26.8 Å². The zero-order valence-corrected chi connectivity index (χ0v) is 8.67. The lowest BCUT2D eigenvalue weighted by Crippen LogP contribution is -2.17.